The first kappa shape index (κ1) is 16.7. The Morgan fingerprint density at radius 3 is 1.90 bits per heavy atom. The lowest BCUT2D eigenvalue weighted by molar-refractivity contribution is -0.385. The molecule has 4 nitrogen and oxygen atoms in total. The second-order valence-electron chi connectivity index (χ2n) is 4.10. The first-order chi connectivity index (χ1) is 9.34. The molecule has 0 amide bonds. The maximum absolute atomic E-state index is 10.4. The summed E-state index contributed by atoms with van der Waals surface area (Å²) in [5.41, 5.74) is 8.35. The molecule has 0 heterocycles. The standard InChI is InChI=1S/C7H6BrNO2.C7H8BrN/c1-5-6(8)3-2-4-7(5)9(10)11;1-5-6(8)3-2-4-7(5)9/h2-4H,1H3;2-4H,9H2,1H3. The van der Waals surface area contributed by atoms with E-state index < -0.39 is 0 Å². The van der Waals surface area contributed by atoms with Crippen molar-refractivity contribution >= 4 is 43.2 Å². The van der Waals surface area contributed by atoms with Gasteiger partial charge < -0.3 is 5.73 Å². The highest BCUT2D eigenvalue weighted by molar-refractivity contribution is 9.10. The molecule has 0 aliphatic carbocycles. The summed E-state index contributed by atoms with van der Waals surface area (Å²) in [7, 11) is 0. The minimum Gasteiger partial charge on any atom is -0.398 e. The lowest BCUT2D eigenvalue weighted by atomic mass is 10.2. The van der Waals surface area contributed by atoms with Crippen LogP contribution in [0.15, 0.2) is 45.3 Å². The third-order valence-electron chi connectivity index (χ3n) is 2.75. The van der Waals surface area contributed by atoms with E-state index in [1.807, 2.05) is 25.1 Å². The van der Waals surface area contributed by atoms with E-state index in [9.17, 15) is 10.1 Å². The number of hydrogen-bond acceptors (Lipinski definition) is 3. The molecule has 2 N–H and O–H groups in total. The van der Waals surface area contributed by atoms with E-state index in [0.717, 1.165) is 20.2 Å². The molecule has 0 aliphatic heterocycles. The van der Waals surface area contributed by atoms with Gasteiger partial charge in [0.1, 0.15) is 0 Å². The highest BCUT2D eigenvalue weighted by Crippen LogP contribution is 2.24. The number of anilines is 1. The monoisotopic (exact) mass is 400 g/mol. The van der Waals surface area contributed by atoms with Crippen LogP contribution in [0.25, 0.3) is 0 Å². The second kappa shape index (κ2) is 7.40. The number of nitrogen functional groups attached to an aromatic ring is 1. The van der Waals surface area contributed by atoms with Crippen molar-refractivity contribution in [2.75, 3.05) is 5.73 Å². The minimum atomic E-state index is -0.389. The van der Waals surface area contributed by atoms with Crippen LogP contribution in [0.1, 0.15) is 11.1 Å². The van der Waals surface area contributed by atoms with E-state index in [-0.39, 0.29) is 10.6 Å². The lowest BCUT2D eigenvalue weighted by Gasteiger charge is -1.99. The zero-order valence-electron chi connectivity index (χ0n) is 11.1. The maximum Gasteiger partial charge on any atom is 0.273 e. The van der Waals surface area contributed by atoms with Crippen LogP contribution >= 0.6 is 31.9 Å². The molecule has 6 heteroatoms. The van der Waals surface area contributed by atoms with Gasteiger partial charge in [0.15, 0.2) is 0 Å². The van der Waals surface area contributed by atoms with E-state index in [2.05, 4.69) is 31.9 Å². The Kier molecular flexibility index (Phi) is 6.16. The minimum absolute atomic E-state index is 0.152. The highest BCUT2D eigenvalue weighted by Gasteiger charge is 2.10. The van der Waals surface area contributed by atoms with Crippen molar-refractivity contribution in [3.05, 3.63) is 66.6 Å². The van der Waals surface area contributed by atoms with Crippen LogP contribution in [0.3, 0.4) is 0 Å². The van der Waals surface area contributed by atoms with Crippen LogP contribution in [0.2, 0.25) is 0 Å². The number of nitro benzene ring substituents is 1. The molecule has 2 aromatic carbocycles. The van der Waals surface area contributed by atoms with E-state index in [4.69, 9.17) is 5.73 Å². The van der Waals surface area contributed by atoms with E-state index in [1.165, 1.54) is 6.07 Å². The summed E-state index contributed by atoms with van der Waals surface area (Å²) in [6.45, 7) is 3.70. The Balaban J connectivity index is 0.000000204. The van der Waals surface area contributed by atoms with Gasteiger partial charge >= 0.3 is 0 Å². The zero-order chi connectivity index (χ0) is 15.3. The van der Waals surface area contributed by atoms with Crippen molar-refractivity contribution < 1.29 is 4.92 Å². The first-order valence-corrected chi connectivity index (χ1v) is 7.33. The third kappa shape index (κ3) is 4.31. The molecule has 20 heavy (non-hydrogen) atoms. The van der Waals surface area contributed by atoms with Gasteiger partial charge in [-0.3, -0.25) is 10.1 Å². The summed E-state index contributed by atoms with van der Waals surface area (Å²) >= 11 is 6.58. The number of rotatable bonds is 1. The first-order valence-electron chi connectivity index (χ1n) is 5.74. The number of nitrogens with zero attached hydrogens (tertiary/aromatic N) is 1. The van der Waals surface area contributed by atoms with Gasteiger partial charge in [-0.05, 0) is 37.6 Å². The molecule has 0 bridgehead atoms. The molecule has 0 unspecified atom stereocenters. The van der Waals surface area contributed by atoms with E-state index in [0.29, 0.717) is 5.56 Å². The molecule has 0 fully saturated rings. The second-order valence-corrected chi connectivity index (χ2v) is 5.80. The molecule has 0 saturated heterocycles. The summed E-state index contributed by atoms with van der Waals surface area (Å²) in [5, 5.41) is 10.4. The van der Waals surface area contributed by atoms with Crippen LogP contribution in [0, 0.1) is 24.0 Å². The zero-order valence-corrected chi connectivity index (χ0v) is 14.2. The Hall–Kier alpha value is -1.40. The van der Waals surface area contributed by atoms with Gasteiger partial charge in [-0.2, -0.15) is 0 Å². The molecule has 2 rings (SSSR count). The Morgan fingerprint density at radius 2 is 1.50 bits per heavy atom. The molecule has 106 valence electrons. The average Bonchev–Trinajstić information content (AvgIpc) is 2.39. The van der Waals surface area contributed by atoms with Crippen LogP contribution < -0.4 is 5.73 Å². The van der Waals surface area contributed by atoms with Crippen molar-refractivity contribution in [1.82, 2.24) is 0 Å². The SMILES string of the molecule is Cc1c(Br)cccc1[N+](=O)[O-].Cc1c(N)cccc1Br. The number of nitrogens with two attached hydrogens (primary N) is 1. The average molecular weight is 402 g/mol. The number of nitro groups is 1. The molecule has 2 aromatic rings. The van der Waals surface area contributed by atoms with Crippen molar-refractivity contribution in [3.63, 3.8) is 0 Å². The Labute approximate surface area is 134 Å². The summed E-state index contributed by atoms with van der Waals surface area (Å²) in [6.07, 6.45) is 0. The largest absolute Gasteiger partial charge is 0.398 e. The summed E-state index contributed by atoms with van der Waals surface area (Å²) < 4.78 is 1.84. The van der Waals surface area contributed by atoms with Crippen molar-refractivity contribution in [1.29, 1.82) is 0 Å². The molecule has 0 spiro atoms. The van der Waals surface area contributed by atoms with Gasteiger partial charge in [0.05, 0.1) is 4.92 Å². The summed E-state index contributed by atoms with van der Waals surface area (Å²) in [6, 6.07) is 10.7. The summed E-state index contributed by atoms with van der Waals surface area (Å²) in [4.78, 5) is 9.97. The fourth-order valence-electron chi connectivity index (χ4n) is 1.42. The van der Waals surface area contributed by atoms with Crippen molar-refractivity contribution in [2.24, 2.45) is 0 Å². The van der Waals surface area contributed by atoms with Crippen LogP contribution in [0.5, 0.6) is 0 Å². The van der Waals surface area contributed by atoms with Gasteiger partial charge in [-0.15, -0.1) is 0 Å². The number of benzene rings is 2. The van der Waals surface area contributed by atoms with E-state index in [1.54, 1.807) is 19.1 Å². The molecule has 0 aromatic heterocycles. The third-order valence-corrected chi connectivity index (χ3v) is 4.46. The predicted octanol–water partition coefficient (Wildman–Crippen LogP) is 5.01. The molecular weight excluding hydrogens is 388 g/mol. The summed E-state index contributed by atoms with van der Waals surface area (Å²) in [5.74, 6) is 0. The van der Waals surface area contributed by atoms with Gasteiger partial charge in [0, 0.05) is 26.3 Å². The van der Waals surface area contributed by atoms with Crippen LogP contribution in [0.4, 0.5) is 11.4 Å². The normalized spacial score (nSPS) is 9.60. The number of halogens is 2. The number of hydrogen-bond donors (Lipinski definition) is 1. The topological polar surface area (TPSA) is 69.2 Å². The van der Waals surface area contributed by atoms with Gasteiger partial charge in [0.2, 0.25) is 0 Å². The lowest BCUT2D eigenvalue weighted by Crippen LogP contribution is -1.91. The van der Waals surface area contributed by atoms with Crippen LogP contribution in [-0.4, -0.2) is 4.92 Å². The maximum atomic E-state index is 10.4. The smallest absolute Gasteiger partial charge is 0.273 e. The molecule has 0 atom stereocenters. The van der Waals surface area contributed by atoms with Gasteiger partial charge in [0.25, 0.3) is 5.69 Å². The van der Waals surface area contributed by atoms with E-state index >= 15 is 0 Å². The quantitative estimate of drug-likeness (QED) is 0.415. The predicted molar refractivity (Wildman–Crippen MR) is 88.8 cm³/mol. The van der Waals surface area contributed by atoms with Crippen LogP contribution in [-0.2, 0) is 0 Å². The van der Waals surface area contributed by atoms with Gasteiger partial charge in [-0.25, -0.2) is 0 Å². The molecule has 0 saturated carbocycles. The molecule has 0 radical (unpaired) electrons. The molecular formula is C14H14Br2N2O2. The van der Waals surface area contributed by atoms with Crippen molar-refractivity contribution in [2.45, 2.75) is 13.8 Å². The fourth-order valence-corrected chi connectivity index (χ4v) is 2.16. The molecule has 0 aliphatic rings. The fraction of sp³-hybridized carbons (Fsp3) is 0.143. The Bertz CT molecular complexity index is 610. The highest BCUT2D eigenvalue weighted by atomic mass is 79.9. The van der Waals surface area contributed by atoms with Crippen molar-refractivity contribution in [3.8, 4) is 0 Å². The van der Waals surface area contributed by atoms with Gasteiger partial charge in [-0.1, -0.05) is 44.0 Å². The Morgan fingerprint density at radius 1 is 1.00 bits per heavy atom.